The molecule has 1 N–H and O–H groups in total. The quantitative estimate of drug-likeness (QED) is 0.609. The van der Waals surface area contributed by atoms with Crippen LogP contribution in [0.4, 0.5) is 0 Å². The van der Waals surface area contributed by atoms with E-state index < -0.39 is 0 Å². The fourth-order valence-corrected chi connectivity index (χ4v) is 2.32. The molecule has 1 unspecified atom stereocenters. The Kier molecular flexibility index (Phi) is 7.75. The zero-order valence-electron chi connectivity index (χ0n) is 12.3. The van der Waals surface area contributed by atoms with Gasteiger partial charge in [-0.3, -0.25) is 0 Å². The molecule has 0 saturated heterocycles. The van der Waals surface area contributed by atoms with E-state index in [2.05, 4.69) is 56.4 Å². The SMILES string of the molecule is CCCCCCNC(CC(C)C)c1ccccc1. The Labute approximate surface area is 113 Å². The molecular formula is C17H29N. The second-order valence-electron chi connectivity index (χ2n) is 5.61. The number of rotatable bonds is 9. The Balaban J connectivity index is 2.41. The van der Waals surface area contributed by atoms with E-state index in [1.165, 1.54) is 37.7 Å². The van der Waals surface area contributed by atoms with Gasteiger partial charge in [-0.2, -0.15) is 0 Å². The molecule has 0 fully saturated rings. The molecule has 0 aliphatic heterocycles. The lowest BCUT2D eigenvalue weighted by molar-refractivity contribution is 0.423. The summed E-state index contributed by atoms with van der Waals surface area (Å²) >= 11 is 0. The molecule has 102 valence electrons. The highest BCUT2D eigenvalue weighted by Crippen LogP contribution is 2.21. The molecule has 1 rings (SSSR count). The highest BCUT2D eigenvalue weighted by atomic mass is 14.9. The molecular weight excluding hydrogens is 218 g/mol. The second-order valence-corrected chi connectivity index (χ2v) is 5.61. The largest absolute Gasteiger partial charge is 0.310 e. The van der Waals surface area contributed by atoms with Crippen LogP contribution in [-0.2, 0) is 0 Å². The Morgan fingerprint density at radius 3 is 2.33 bits per heavy atom. The van der Waals surface area contributed by atoms with Gasteiger partial charge < -0.3 is 5.32 Å². The summed E-state index contributed by atoms with van der Waals surface area (Å²) in [5.41, 5.74) is 1.43. The summed E-state index contributed by atoms with van der Waals surface area (Å²) in [4.78, 5) is 0. The van der Waals surface area contributed by atoms with E-state index in [1.54, 1.807) is 0 Å². The predicted molar refractivity (Wildman–Crippen MR) is 80.8 cm³/mol. The van der Waals surface area contributed by atoms with Gasteiger partial charge in [0, 0.05) is 6.04 Å². The molecule has 0 amide bonds. The molecule has 0 heterocycles. The minimum atomic E-state index is 0.521. The molecule has 0 radical (unpaired) electrons. The van der Waals surface area contributed by atoms with Gasteiger partial charge in [-0.25, -0.2) is 0 Å². The number of unbranched alkanes of at least 4 members (excludes halogenated alkanes) is 3. The zero-order chi connectivity index (χ0) is 13.2. The molecule has 1 nitrogen and oxygen atoms in total. The third kappa shape index (κ3) is 6.20. The van der Waals surface area contributed by atoms with Gasteiger partial charge in [0.25, 0.3) is 0 Å². The summed E-state index contributed by atoms with van der Waals surface area (Å²) < 4.78 is 0. The van der Waals surface area contributed by atoms with Crippen molar-refractivity contribution in [1.82, 2.24) is 5.32 Å². The summed E-state index contributed by atoms with van der Waals surface area (Å²) in [6.45, 7) is 8.01. The van der Waals surface area contributed by atoms with Gasteiger partial charge in [0.2, 0.25) is 0 Å². The van der Waals surface area contributed by atoms with Crippen LogP contribution in [0.15, 0.2) is 30.3 Å². The average Bonchev–Trinajstić information content (AvgIpc) is 2.38. The first kappa shape index (κ1) is 15.2. The van der Waals surface area contributed by atoms with Crippen LogP contribution in [0.2, 0.25) is 0 Å². The van der Waals surface area contributed by atoms with Crippen LogP contribution in [0.25, 0.3) is 0 Å². The standard InChI is InChI=1S/C17H29N/c1-4-5-6-10-13-18-17(14-15(2)3)16-11-8-7-9-12-16/h7-9,11-12,15,17-18H,4-6,10,13-14H2,1-3H3. The average molecular weight is 247 g/mol. The van der Waals surface area contributed by atoms with E-state index in [1.807, 2.05) is 0 Å². The van der Waals surface area contributed by atoms with E-state index in [4.69, 9.17) is 0 Å². The van der Waals surface area contributed by atoms with Gasteiger partial charge >= 0.3 is 0 Å². The lowest BCUT2D eigenvalue weighted by atomic mass is 9.97. The van der Waals surface area contributed by atoms with Crippen LogP contribution in [-0.4, -0.2) is 6.54 Å². The summed E-state index contributed by atoms with van der Waals surface area (Å²) in [5, 5.41) is 3.73. The maximum Gasteiger partial charge on any atom is 0.0322 e. The Morgan fingerprint density at radius 2 is 1.72 bits per heavy atom. The highest BCUT2D eigenvalue weighted by molar-refractivity contribution is 5.18. The molecule has 18 heavy (non-hydrogen) atoms. The summed E-state index contributed by atoms with van der Waals surface area (Å²) in [5.74, 6) is 0.735. The molecule has 1 aromatic rings. The monoisotopic (exact) mass is 247 g/mol. The van der Waals surface area contributed by atoms with Crippen molar-refractivity contribution in [2.75, 3.05) is 6.54 Å². The predicted octanol–water partition coefficient (Wildman–Crippen LogP) is 4.94. The Morgan fingerprint density at radius 1 is 1.00 bits per heavy atom. The van der Waals surface area contributed by atoms with E-state index in [-0.39, 0.29) is 0 Å². The molecule has 0 spiro atoms. The van der Waals surface area contributed by atoms with Crippen molar-refractivity contribution < 1.29 is 0 Å². The molecule has 0 aromatic heterocycles. The van der Waals surface area contributed by atoms with Gasteiger partial charge in [0.15, 0.2) is 0 Å². The summed E-state index contributed by atoms with van der Waals surface area (Å²) in [7, 11) is 0. The normalized spacial score (nSPS) is 12.9. The van der Waals surface area contributed by atoms with Gasteiger partial charge in [0.05, 0.1) is 0 Å². The lowest BCUT2D eigenvalue weighted by Gasteiger charge is -2.21. The maximum absolute atomic E-state index is 3.73. The van der Waals surface area contributed by atoms with Crippen molar-refractivity contribution in [2.45, 2.75) is 58.9 Å². The highest BCUT2D eigenvalue weighted by Gasteiger charge is 2.11. The molecule has 1 atom stereocenters. The first-order valence-corrected chi connectivity index (χ1v) is 7.52. The van der Waals surface area contributed by atoms with E-state index in [0.29, 0.717) is 6.04 Å². The van der Waals surface area contributed by atoms with Crippen LogP contribution in [0.1, 0.15) is 64.5 Å². The van der Waals surface area contributed by atoms with Crippen LogP contribution in [0.3, 0.4) is 0 Å². The van der Waals surface area contributed by atoms with Crippen molar-refractivity contribution in [3.63, 3.8) is 0 Å². The van der Waals surface area contributed by atoms with Crippen LogP contribution in [0.5, 0.6) is 0 Å². The first-order chi connectivity index (χ1) is 8.74. The third-order valence-electron chi connectivity index (χ3n) is 3.33. The first-order valence-electron chi connectivity index (χ1n) is 7.52. The van der Waals surface area contributed by atoms with Crippen molar-refractivity contribution in [2.24, 2.45) is 5.92 Å². The van der Waals surface area contributed by atoms with Crippen molar-refractivity contribution in [3.05, 3.63) is 35.9 Å². The molecule has 1 heteroatoms. The van der Waals surface area contributed by atoms with Gasteiger partial charge in [-0.05, 0) is 30.9 Å². The molecule has 0 saturated carbocycles. The molecule has 0 aliphatic rings. The van der Waals surface area contributed by atoms with Gasteiger partial charge in [-0.15, -0.1) is 0 Å². The number of benzene rings is 1. The molecule has 0 bridgehead atoms. The molecule has 0 aliphatic carbocycles. The second kappa shape index (κ2) is 9.16. The zero-order valence-corrected chi connectivity index (χ0v) is 12.3. The third-order valence-corrected chi connectivity index (χ3v) is 3.33. The number of hydrogen-bond acceptors (Lipinski definition) is 1. The topological polar surface area (TPSA) is 12.0 Å². The fraction of sp³-hybridized carbons (Fsp3) is 0.647. The van der Waals surface area contributed by atoms with E-state index >= 15 is 0 Å². The van der Waals surface area contributed by atoms with Crippen molar-refractivity contribution in [3.8, 4) is 0 Å². The van der Waals surface area contributed by atoms with E-state index in [0.717, 1.165) is 12.5 Å². The Bertz CT molecular complexity index is 292. The number of nitrogens with one attached hydrogen (secondary N) is 1. The smallest absolute Gasteiger partial charge is 0.0322 e. The summed E-state index contributed by atoms with van der Waals surface area (Å²) in [6, 6.07) is 11.4. The molecule has 1 aromatic carbocycles. The van der Waals surface area contributed by atoms with Crippen LogP contribution in [0, 0.1) is 5.92 Å². The van der Waals surface area contributed by atoms with Crippen molar-refractivity contribution >= 4 is 0 Å². The maximum atomic E-state index is 3.73. The lowest BCUT2D eigenvalue weighted by Crippen LogP contribution is -2.23. The fourth-order valence-electron chi connectivity index (χ4n) is 2.32. The van der Waals surface area contributed by atoms with Gasteiger partial charge in [-0.1, -0.05) is 70.4 Å². The van der Waals surface area contributed by atoms with Crippen molar-refractivity contribution in [1.29, 1.82) is 0 Å². The minimum Gasteiger partial charge on any atom is -0.310 e. The minimum absolute atomic E-state index is 0.521. The van der Waals surface area contributed by atoms with Crippen LogP contribution < -0.4 is 5.32 Å². The van der Waals surface area contributed by atoms with E-state index in [9.17, 15) is 0 Å². The van der Waals surface area contributed by atoms with Crippen LogP contribution >= 0.6 is 0 Å². The number of hydrogen-bond donors (Lipinski definition) is 1. The summed E-state index contributed by atoms with van der Waals surface area (Å²) in [6.07, 6.45) is 6.55. The van der Waals surface area contributed by atoms with Gasteiger partial charge in [0.1, 0.15) is 0 Å². The Hall–Kier alpha value is -0.820.